The number of hydrogen-bond acceptors (Lipinski definition) is 3. The quantitative estimate of drug-likeness (QED) is 0.865. The zero-order valence-electron chi connectivity index (χ0n) is 11.4. The lowest BCUT2D eigenvalue weighted by Gasteiger charge is -2.33. The van der Waals surface area contributed by atoms with Gasteiger partial charge in [-0.05, 0) is 43.9 Å². The molecule has 1 aromatic rings. The Morgan fingerprint density at radius 3 is 2.33 bits per heavy atom. The Bertz CT molecular complexity index is 439. The average molecular weight is 245 g/mol. The maximum absolute atomic E-state index is 5.93. The second-order valence-electron chi connectivity index (χ2n) is 6.79. The van der Waals surface area contributed by atoms with Gasteiger partial charge in [-0.3, -0.25) is 0 Å². The van der Waals surface area contributed by atoms with Gasteiger partial charge in [0.1, 0.15) is 11.6 Å². The van der Waals surface area contributed by atoms with Gasteiger partial charge in [-0.1, -0.05) is 13.8 Å². The molecule has 0 aliphatic heterocycles. The summed E-state index contributed by atoms with van der Waals surface area (Å²) >= 11 is 0. The Morgan fingerprint density at radius 1 is 1.06 bits per heavy atom. The van der Waals surface area contributed by atoms with Crippen LogP contribution in [0.2, 0.25) is 0 Å². The maximum atomic E-state index is 5.93. The molecule has 18 heavy (non-hydrogen) atoms. The maximum Gasteiger partial charge on any atom is 0.134 e. The van der Waals surface area contributed by atoms with Crippen LogP contribution < -0.4 is 5.73 Å². The number of hydrogen-bond donors (Lipinski definition) is 1. The molecule has 3 rings (SSSR count). The molecule has 0 bridgehead atoms. The van der Waals surface area contributed by atoms with E-state index in [1.54, 1.807) is 0 Å². The van der Waals surface area contributed by atoms with Gasteiger partial charge in [-0.25, -0.2) is 9.97 Å². The third kappa shape index (κ3) is 2.50. The zero-order valence-corrected chi connectivity index (χ0v) is 11.4. The molecule has 0 spiro atoms. The van der Waals surface area contributed by atoms with E-state index < -0.39 is 0 Å². The average Bonchev–Trinajstić information content (AvgIpc) is 3.11. The highest BCUT2D eigenvalue weighted by molar-refractivity contribution is 5.33. The molecular formula is C15H23N3. The van der Waals surface area contributed by atoms with E-state index in [1.807, 2.05) is 6.07 Å². The van der Waals surface area contributed by atoms with Crippen LogP contribution in [0.4, 0.5) is 5.82 Å². The molecule has 0 radical (unpaired) electrons. The molecule has 2 fully saturated rings. The van der Waals surface area contributed by atoms with Gasteiger partial charge in [0, 0.05) is 23.6 Å². The van der Waals surface area contributed by atoms with Crippen molar-refractivity contribution in [3.8, 4) is 0 Å². The Labute approximate surface area is 109 Å². The molecule has 2 saturated carbocycles. The summed E-state index contributed by atoms with van der Waals surface area (Å²) in [6.45, 7) is 4.72. The van der Waals surface area contributed by atoms with Crippen molar-refractivity contribution >= 4 is 5.82 Å². The second-order valence-corrected chi connectivity index (χ2v) is 6.79. The third-order valence-electron chi connectivity index (χ3n) is 4.48. The fourth-order valence-corrected chi connectivity index (χ4v) is 2.93. The first kappa shape index (κ1) is 11.9. The third-order valence-corrected chi connectivity index (χ3v) is 4.48. The summed E-state index contributed by atoms with van der Waals surface area (Å²) < 4.78 is 0. The predicted octanol–water partition coefficient (Wildman–Crippen LogP) is 3.62. The van der Waals surface area contributed by atoms with Crippen molar-refractivity contribution < 1.29 is 0 Å². The van der Waals surface area contributed by atoms with Gasteiger partial charge in [0.2, 0.25) is 0 Å². The van der Waals surface area contributed by atoms with Gasteiger partial charge >= 0.3 is 0 Å². The van der Waals surface area contributed by atoms with E-state index in [4.69, 9.17) is 10.7 Å². The highest BCUT2D eigenvalue weighted by atomic mass is 15.0. The van der Waals surface area contributed by atoms with Crippen molar-refractivity contribution in [1.29, 1.82) is 0 Å². The largest absolute Gasteiger partial charge is 0.384 e. The van der Waals surface area contributed by atoms with E-state index in [0.29, 0.717) is 23.1 Å². The molecule has 98 valence electrons. The Hall–Kier alpha value is -1.12. The number of rotatable bonds is 2. The van der Waals surface area contributed by atoms with Crippen LogP contribution in [0.1, 0.15) is 75.7 Å². The molecule has 0 aromatic carbocycles. The molecule has 3 nitrogen and oxygen atoms in total. The van der Waals surface area contributed by atoms with Crippen LogP contribution in [0.3, 0.4) is 0 Å². The van der Waals surface area contributed by atoms with Crippen molar-refractivity contribution in [1.82, 2.24) is 9.97 Å². The highest BCUT2D eigenvalue weighted by Gasteiger charge is 2.31. The van der Waals surface area contributed by atoms with E-state index >= 15 is 0 Å². The molecule has 2 aliphatic carbocycles. The van der Waals surface area contributed by atoms with Crippen LogP contribution in [-0.2, 0) is 0 Å². The molecular weight excluding hydrogens is 222 g/mol. The van der Waals surface area contributed by atoms with Crippen molar-refractivity contribution in [2.45, 2.75) is 64.2 Å². The van der Waals surface area contributed by atoms with E-state index in [2.05, 4.69) is 18.8 Å². The van der Waals surface area contributed by atoms with E-state index in [9.17, 15) is 0 Å². The van der Waals surface area contributed by atoms with Crippen molar-refractivity contribution in [3.05, 3.63) is 17.6 Å². The minimum Gasteiger partial charge on any atom is -0.384 e. The summed E-state index contributed by atoms with van der Waals surface area (Å²) in [7, 11) is 0. The van der Waals surface area contributed by atoms with Crippen molar-refractivity contribution in [2.75, 3.05) is 5.73 Å². The van der Waals surface area contributed by atoms with Crippen LogP contribution >= 0.6 is 0 Å². The normalized spacial score (nSPS) is 24.1. The predicted molar refractivity (Wildman–Crippen MR) is 73.4 cm³/mol. The SMILES string of the molecule is CC1(C)CCC(c2nc(N)cc(C3CC3)n2)CC1. The van der Waals surface area contributed by atoms with Gasteiger partial charge in [-0.2, -0.15) is 0 Å². The molecule has 2 N–H and O–H groups in total. The molecule has 1 aromatic heterocycles. The van der Waals surface area contributed by atoms with Gasteiger partial charge in [0.15, 0.2) is 0 Å². The highest BCUT2D eigenvalue weighted by Crippen LogP contribution is 2.43. The van der Waals surface area contributed by atoms with Gasteiger partial charge in [0.05, 0.1) is 0 Å². The molecule has 0 saturated heterocycles. The summed E-state index contributed by atoms with van der Waals surface area (Å²) in [5, 5.41) is 0. The van der Waals surface area contributed by atoms with E-state index in [1.165, 1.54) is 44.2 Å². The van der Waals surface area contributed by atoms with Gasteiger partial charge < -0.3 is 5.73 Å². The van der Waals surface area contributed by atoms with Crippen molar-refractivity contribution in [2.24, 2.45) is 5.41 Å². The monoisotopic (exact) mass is 245 g/mol. The lowest BCUT2D eigenvalue weighted by Crippen LogP contribution is -2.21. The number of anilines is 1. The van der Waals surface area contributed by atoms with Crippen LogP contribution in [0.15, 0.2) is 6.07 Å². The molecule has 2 aliphatic rings. The number of nitrogens with two attached hydrogens (primary N) is 1. The zero-order chi connectivity index (χ0) is 12.8. The molecule has 0 unspecified atom stereocenters. The first-order chi connectivity index (χ1) is 8.53. The number of aromatic nitrogens is 2. The summed E-state index contributed by atoms with van der Waals surface area (Å²) in [6.07, 6.45) is 7.51. The Kier molecular flexibility index (Phi) is 2.80. The van der Waals surface area contributed by atoms with Crippen LogP contribution in [-0.4, -0.2) is 9.97 Å². The standard InChI is InChI=1S/C15H23N3/c1-15(2)7-5-11(6-8-15)14-17-12(10-3-4-10)9-13(16)18-14/h9-11H,3-8H2,1-2H3,(H2,16,17,18). The molecule has 0 atom stereocenters. The molecule has 1 heterocycles. The van der Waals surface area contributed by atoms with Crippen molar-refractivity contribution in [3.63, 3.8) is 0 Å². The Morgan fingerprint density at radius 2 is 1.72 bits per heavy atom. The summed E-state index contributed by atoms with van der Waals surface area (Å²) in [5.74, 6) is 2.85. The first-order valence-electron chi connectivity index (χ1n) is 7.18. The Balaban J connectivity index is 1.79. The van der Waals surface area contributed by atoms with Gasteiger partial charge in [-0.15, -0.1) is 0 Å². The minimum absolute atomic E-state index is 0.496. The fraction of sp³-hybridized carbons (Fsp3) is 0.733. The molecule has 0 amide bonds. The van der Waals surface area contributed by atoms with Crippen LogP contribution in [0.5, 0.6) is 0 Å². The van der Waals surface area contributed by atoms with Gasteiger partial charge in [0.25, 0.3) is 0 Å². The fourth-order valence-electron chi connectivity index (χ4n) is 2.93. The summed E-state index contributed by atoms with van der Waals surface area (Å²) in [5.41, 5.74) is 7.61. The van der Waals surface area contributed by atoms with Crippen LogP contribution in [0, 0.1) is 5.41 Å². The first-order valence-corrected chi connectivity index (χ1v) is 7.18. The lowest BCUT2D eigenvalue weighted by atomic mass is 9.73. The number of nitrogen functional groups attached to an aromatic ring is 1. The lowest BCUT2D eigenvalue weighted by molar-refractivity contribution is 0.220. The topological polar surface area (TPSA) is 51.8 Å². The van der Waals surface area contributed by atoms with E-state index in [0.717, 1.165) is 5.82 Å². The van der Waals surface area contributed by atoms with E-state index in [-0.39, 0.29) is 0 Å². The van der Waals surface area contributed by atoms with Crippen LogP contribution in [0.25, 0.3) is 0 Å². The molecule has 3 heteroatoms. The summed E-state index contributed by atoms with van der Waals surface area (Å²) in [6, 6.07) is 1.97. The number of nitrogens with zero attached hydrogens (tertiary/aromatic N) is 2. The smallest absolute Gasteiger partial charge is 0.134 e. The minimum atomic E-state index is 0.496. The summed E-state index contributed by atoms with van der Waals surface area (Å²) in [4.78, 5) is 9.26. The second kappa shape index (κ2) is 4.22.